The summed E-state index contributed by atoms with van der Waals surface area (Å²) in [7, 11) is 3.13. The number of nitrogens with one attached hydrogen (secondary N) is 2. The third kappa shape index (κ3) is 3.82. The van der Waals surface area contributed by atoms with Gasteiger partial charge < -0.3 is 19.8 Å². The van der Waals surface area contributed by atoms with Crippen LogP contribution in [0, 0.1) is 0 Å². The summed E-state index contributed by atoms with van der Waals surface area (Å²) in [5.74, 6) is 1.01. The Hall–Kier alpha value is -2.95. The molecule has 0 saturated heterocycles. The lowest BCUT2D eigenvalue weighted by Crippen LogP contribution is -2.45. The van der Waals surface area contributed by atoms with Crippen LogP contribution in [-0.4, -0.2) is 30.6 Å². The second-order valence-electron chi connectivity index (χ2n) is 6.98. The Morgan fingerprint density at radius 2 is 1.73 bits per heavy atom. The zero-order valence-electron chi connectivity index (χ0n) is 15.6. The first-order valence-electron chi connectivity index (χ1n) is 8.52. The van der Waals surface area contributed by atoms with Crippen molar-refractivity contribution >= 4 is 16.8 Å². The monoisotopic (exact) mass is 352 g/mol. The van der Waals surface area contributed by atoms with Crippen LogP contribution in [0.25, 0.3) is 10.9 Å². The molecular formula is C21H24N2O3. The predicted molar refractivity (Wildman–Crippen MR) is 103 cm³/mol. The number of aromatic amines is 1. The molecule has 1 amide bonds. The van der Waals surface area contributed by atoms with E-state index in [9.17, 15) is 4.79 Å². The lowest BCUT2D eigenvalue weighted by molar-refractivity contribution is 0.0912. The smallest absolute Gasteiger partial charge is 0.251 e. The van der Waals surface area contributed by atoms with Gasteiger partial charge in [-0.15, -0.1) is 0 Å². The molecular weight excluding hydrogens is 328 g/mol. The Morgan fingerprint density at radius 3 is 2.38 bits per heavy atom. The lowest BCUT2D eigenvalue weighted by atomic mass is 9.94. The molecule has 0 bridgehead atoms. The summed E-state index contributed by atoms with van der Waals surface area (Å²) >= 11 is 0. The Labute approximate surface area is 153 Å². The van der Waals surface area contributed by atoms with Gasteiger partial charge in [0.2, 0.25) is 0 Å². The fraction of sp³-hybridized carbons (Fsp3) is 0.286. The molecule has 0 aliphatic heterocycles. The van der Waals surface area contributed by atoms with Crippen LogP contribution < -0.4 is 14.8 Å². The van der Waals surface area contributed by atoms with Crippen LogP contribution in [0.5, 0.6) is 11.5 Å². The average Bonchev–Trinajstić information content (AvgIpc) is 3.03. The number of hydrogen-bond acceptors (Lipinski definition) is 3. The number of amides is 1. The van der Waals surface area contributed by atoms with Crippen molar-refractivity contribution in [3.63, 3.8) is 0 Å². The number of hydrogen-bond donors (Lipinski definition) is 2. The van der Waals surface area contributed by atoms with Crippen molar-refractivity contribution in [2.24, 2.45) is 0 Å². The number of aromatic nitrogens is 1. The van der Waals surface area contributed by atoms with E-state index in [1.165, 1.54) is 10.9 Å². The summed E-state index contributed by atoms with van der Waals surface area (Å²) in [4.78, 5) is 16.0. The first-order chi connectivity index (χ1) is 12.4. The summed E-state index contributed by atoms with van der Waals surface area (Å²) in [5, 5.41) is 4.29. The van der Waals surface area contributed by atoms with E-state index in [0.29, 0.717) is 23.5 Å². The molecule has 26 heavy (non-hydrogen) atoms. The van der Waals surface area contributed by atoms with Crippen LogP contribution >= 0.6 is 0 Å². The van der Waals surface area contributed by atoms with Crippen molar-refractivity contribution < 1.29 is 14.3 Å². The summed E-state index contributed by atoms with van der Waals surface area (Å²) < 4.78 is 10.5. The fourth-order valence-corrected chi connectivity index (χ4v) is 3.12. The second-order valence-corrected chi connectivity index (χ2v) is 6.98. The number of carbonyl (C=O) groups excluding carboxylic acids is 1. The van der Waals surface area contributed by atoms with E-state index >= 15 is 0 Å². The van der Waals surface area contributed by atoms with E-state index in [2.05, 4.69) is 16.4 Å². The molecule has 5 heteroatoms. The van der Waals surface area contributed by atoms with Crippen molar-refractivity contribution in [2.45, 2.75) is 25.8 Å². The molecule has 1 heterocycles. The first-order valence-corrected chi connectivity index (χ1v) is 8.52. The summed E-state index contributed by atoms with van der Waals surface area (Å²) in [5.41, 5.74) is 2.36. The van der Waals surface area contributed by atoms with E-state index in [1.807, 2.05) is 38.2 Å². The minimum Gasteiger partial charge on any atom is -0.497 e. The number of rotatable bonds is 6. The van der Waals surface area contributed by atoms with Gasteiger partial charge in [0.1, 0.15) is 11.5 Å². The third-order valence-corrected chi connectivity index (χ3v) is 4.37. The normalized spacial score (nSPS) is 11.4. The number of ether oxygens (including phenoxy) is 2. The average molecular weight is 352 g/mol. The number of fused-ring (bicyclic) bond motifs is 1. The van der Waals surface area contributed by atoms with Crippen molar-refractivity contribution in [3.8, 4) is 11.5 Å². The van der Waals surface area contributed by atoms with Gasteiger partial charge in [-0.1, -0.05) is 18.2 Å². The van der Waals surface area contributed by atoms with Crippen LogP contribution in [0.4, 0.5) is 0 Å². The van der Waals surface area contributed by atoms with Gasteiger partial charge in [0, 0.05) is 34.3 Å². The maximum atomic E-state index is 12.8. The van der Waals surface area contributed by atoms with Gasteiger partial charge in [-0.25, -0.2) is 0 Å². The number of carbonyl (C=O) groups is 1. The van der Waals surface area contributed by atoms with E-state index in [1.54, 1.807) is 32.4 Å². The van der Waals surface area contributed by atoms with Crippen molar-refractivity contribution in [1.82, 2.24) is 10.3 Å². The summed E-state index contributed by atoms with van der Waals surface area (Å²) in [6, 6.07) is 13.3. The van der Waals surface area contributed by atoms with E-state index < -0.39 is 5.54 Å². The van der Waals surface area contributed by atoms with Gasteiger partial charge >= 0.3 is 0 Å². The Balaban J connectivity index is 1.79. The fourth-order valence-electron chi connectivity index (χ4n) is 3.12. The molecule has 0 aliphatic rings. The summed E-state index contributed by atoms with van der Waals surface area (Å²) in [6.45, 7) is 4.04. The SMILES string of the molecule is COc1cc(OC)cc(C(=O)NC(C)(C)Cc2c[nH]c3ccccc23)c1. The minimum absolute atomic E-state index is 0.160. The Morgan fingerprint density at radius 1 is 1.08 bits per heavy atom. The number of H-pyrrole nitrogens is 1. The quantitative estimate of drug-likeness (QED) is 0.706. The van der Waals surface area contributed by atoms with Crippen molar-refractivity contribution in [1.29, 1.82) is 0 Å². The van der Waals surface area contributed by atoms with Gasteiger partial charge in [0.15, 0.2) is 0 Å². The van der Waals surface area contributed by atoms with Crippen molar-refractivity contribution in [3.05, 3.63) is 59.8 Å². The molecule has 0 spiro atoms. The zero-order valence-corrected chi connectivity index (χ0v) is 15.6. The molecule has 0 unspecified atom stereocenters. The molecule has 0 radical (unpaired) electrons. The standard InChI is InChI=1S/C21H24N2O3/c1-21(2,12-15-13-22-19-8-6-5-7-18(15)19)23-20(24)14-9-16(25-3)11-17(10-14)26-4/h5-11,13,22H,12H2,1-4H3,(H,23,24). The molecule has 0 atom stereocenters. The Kier molecular flexibility index (Phi) is 4.89. The highest BCUT2D eigenvalue weighted by molar-refractivity contribution is 5.95. The lowest BCUT2D eigenvalue weighted by Gasteiger charge is -2.26. The van der Waals surface area contributed by atoms with E-state index in [0.717, 1.165) is 5.52 Å². The highest BCUT2D eigenvalue weighted by Gasteiger charge is 2.23. The summed E-state index contributed by atoms with van der Waals surface area (Å²) in [6.07, 6.45) is 2.72. The first kappa shape index (κ1) is 17.9. The van der Waals surface area contributed by atoms with Crippen molar-refractivity contribution in [2.75, 3.05) is 14.2 Å². The van der Waals surface area contributed by atoms with Crippen LogP contribution in [0.15, 0.2) is 48.7 Å². The Bertz CT molecular complexity index is 906. The number of para-hydroxylation sites is 1. The molecule has 0 fully saturated rings. The van der Waals surface area contributed by atoms with Crippen LogP contribution in [-0.2, 0) is 6.42 Å². The molecule has 0 saturated carbocycles. The van der Waals surface area contributed by atoms with Gasteiger partial charge in [0.25, 0.3) is 5.91 Å². The molecule has 3 rings (SSSR count). The van der Waals surface area contributed by atoms with Gasteiger partial charge in [-0.3, -0.25) is 4.79 Å². The maximum absolute atomic E-state index is 12.8. The molecule has 2 N–H and O–H groups in total. The van der Waals surface area contributed by atoms with Gasteiger partial charge in [0.05, 0.1) is 14.2 Å². The predicted octanol–water partition coefficient (Wildman–Crippen LogP) is 3.94. The highest BCUT2D eigenvalue weighted by Crippen LogP contribution is 2.25. The molecule has 1 aromatic heterocycles. The van der Waals surface area contributed by atoms with E-state index in [-0.39, 0.29) is 5.91 Å². The van der Waals surface area contributed by atoms with Crippen LogP contribution in [0.3, 0.4) is 0 Å². The topological polar surface area (TPSA) is 63.4 Å². The number of methoxy groups -OCH3 is 2. The van der Waals surface area contributed by atoms with Gasteiger partial charge in [-0.05, 0) is 44.0 Å². The molecule has 0 aliphatic carbocycles. The molecule has 3 aromatic rings. The largest absolute Gasteiger partial charge is 0.497 e. The maximum Gasteiger partial charge on any atom is 0.251 e. The third-order valence-electron chi connectivity index (χ3n) is 4.37. The molecule has 5 nitrogen and oxygen atoms in total. The minimum atomic E-state index is -0.418. The second kappa shape index (κ2) is 7.12. The van der Waals surface area contributed by atoms with Gasteiger partial charge in [-0.2, -0.15) is 0 Å². The van der Waals surface area contributed by atoms with E-state index in [4.69, 9.17) is 9.47 Å². The molecule has 2 aromatic carbocycles. The molecule has 136 valence electrons. The highest BCUT2D eigenvalue weighted by atomic mass is 16.5. The zero-order chi connectivity index (χ0) is 18.7. The van der Waals surface area contributed by atoms with Crippen LogP contribution in [0.1, 0.15) is 29.8 Å². The number of benzene rings is 2. The van der Waals surface area contributed by atoms with Crippen LogP contribution in [0.2, 0.25) is 0 Å².